The van der Waals surface area contributed by atoms with Crippen molar-refractivity contribution in [3.05, 3.63) is 33.9 Å². The number of carbonyl (C=O) groups is 1. The standard InChI is InChI=1S/C15H19N7O4/c1-2-5-21-18-15(17-19-21)16-14(23)12-10-11(22(24)25)3-4-13(12)20-6-8-26-9-7-20/h3-4,10H,2,5-9H2,1H3,(H,16,18,23). The number of aryl methyl sites for hydroxylation is 1. The molecule has 138 valence electrons. The number of hydrogen-bond donors (Lipinski definition) is 1. The summed E-state index contributed by atoms with van der Waals surface area (Å²) in [6.07, 6.45) is 0.829. The number of rotatable bonds is 6. The maximum absolute atomic E-state index is 12.7. The molecule has 0 bridgehead atoms. The van der Waals surface area contributed by atoms with Crippen LogP contribution in [0.4, 0.5) is 17.3 Å². The van der Waals surface area contributed by atoms with Crippen LogP contribution in [-0.4, -0.2) is 57.3 Å². The number of tetrazole rings is 1. The predicted molar refractivity (Wildman–Crippen MR) is 92.2 cm³/mol. The maximum Gasteiger partial charge on any atom is 0.270 e. The monoisotopic (exact) mass is 361 g/mol. The van der Waals surface area contributed by atoms with Gasteiger partial charge in [-0.3, -0.25) is 20.2 Å². The molecular formula is C15H19N7O4. The summed E-state index contributed by atoms with van der Waals surface area (Å²) in [6, 6.07) is 4.23. The van der Waals surface area contributed by atoms with Crippen molar-refractivity contribution >= 4 is 23.2 Å². The molecule has 1 fully saturated rings. The fourth-order valence-electron chi connectivity index (χ4n) is 2.66. The zero-order chi connectivity index (χ0) is 18.5. The van der Waals surface area contributed by atoms with Gasteiger partial charge < -0.3 is 9.64 Å². The van der Waals surface area contributed by atoms with Crippen LogP contribution in [0.3, 0.4) is 0 Å². The SMILES string of the molecule is CCCn1nnc(NC(=O)c2cc([N+](=O)[O-])ccc2N2CCOCC2)n1. The highest BCUT2D eigenvalue weighted by atomic mass is 16.6. The van der Waals surface area contributed by atoms with Gasteiger partial charge in [0.1, 0.15) is 0 Å². The van der Waals surface area contributed by atoms with Gasteiger partial charge in [-0.15, -0.1) is 5.10 Å². The third-order valence-corrected chi connectivity index (χ3v) is 3.89. The average Bonchev–Trinajstić information content (AvgIpc) is 3.09. The van der Waals surface area contributed by atoms with Crippen LogP contribution < -0.4 is 10.2 Å². The highest BCUT2D eigenvalue weighted by Crippen LogP contribution is 2.27. The first-order valence-corrected chi connectivity index (χ1v) is 8.28. The van der Waals surface area contributed by atoms with Crippen molar-refractivity contribution in [2.24, 2.45) is 0 Å². The van der Waals surface area contributed by atoms with Crippen molar-refractivity contribution in [2.45, 2.75) is 19.9 Å². The van der Waals surface area contributed by atoms with Gasteiger partial charge in [-0.1, -0.05) is 12.0 Å². The molecule has 0 unspecified atom stereocenters. The molecule has 11 heteroatoms. The van der Waals surface area contributed by atoms with Crippen molar-refractivity contribution in [1.82, 2.24) is 20.2 Å². The summed E-state index contributed by atoms with van der Waals surface area (Å²) in [6.45, 7) is 4.82. The molecule has 11 nitrogen and oxygen atoms in total. The Labute approximate surface area is 149 Å². The molecule has 1 saturated heterocycles. The van der Waals surface area contributed by atoms with Gasteiger partial charge in [0.15, 0.2) is 0 Å². The minimum absolute atomic E-state index is 0.0582. The number of amides is 1. The Morgan fingerprint density at radius 3 is 2.85 bits per heavy atom. The van der Waals surface area contributed by atoms with E-state index in [1.807, 2.05) is 11.8 Å². The van der Waals surface area contributed by atoms with Gasteiger partial charge in [0, 0.05) is 25.2 Å². The number of nitro groups is 1. The van der Waals surface area contributed by atoms with Gasteiger partial charge >= 0.3 is 0 Å². The Kier molecular flexibility index (Phi) is 5.37. The van der Waals surface area contributed by atoms with Crippen molar-refractivity contribution < 1.29 is 14.5 Å². The molecule has 1 amide bonds. The number of hydrogen-bond acceptors (Lipinski definition) is 8. The van der Waals surface area contributed by atoms with Crippen molar-refractivity contribution in [2.75, 3.05) is 36.5 Å². The van der Waals surface area contributed by atoms with Gasteiger partial charge in [-0.05, 0) is 17.7 Å². The Hall–Kier alpha value is -3.08. The summed E-state index contributed by atoms with van der Waals surface area (Å²) >= 11 is 0. The fraction of sp³-hybridized carbons (Fsp3) is 0.467. The van der Waals surface area contributed by atoms with E-state index in [9.17, 15) is 14.9 Å². The number of aromatic nitrogens is 4. The van der Waals surface area contributed by atoms with E-state index in [-0.39, 0.29) is 17.2 Å². The van der Waals surface area contributed by atoms with Gasteiger partial charge in [0.2, 0.25) is 0 Å². The molecule has 0 spiro atoms. The highest BCUT2D eigenvalue weighted by Gasteiger charge is 2.23. The van der Waals surface area contributed by atoms with Crippen LogP contribution in [0.1, 0.15) is 23.7 Å². The number of morpholine rings is 1. The minimum atomic E-state index is -0.532. The number of benzene rings is 1. The number of nitrogens with one attached hydrogen (secondary N) is 1. The Balaban J connectivity index is 1.87. The lowest BCUT2D eigenvalue weighted by Crippen LogP contribution is -2.37. The zero-order valence-corrected chi connectivity index (χ0v) is 14.3. The van der Waals surface area contributed by atoms with Crippen LogP contribution in [0, 0.1) is 10.1 Å². The average molecular weight is 361 g/mol. The molecule has 1 aromatic heterocycles. The van der Waals surface area contributed by atoms with Crippen LogP contribution >= 0.6 is 0 Å². The number of anilines is 2. The van der Waals surface area contributed by atoms with E-state index in [0.29, 0.717) is 38.5 Å². The third kappa shape index (κ3) is 3.94. The summed E-state index contributed by atoms with van der Waals surface area (Å²) in [4.78, 5) is 26.6. The van der Waals surface area contributed by atoms with Gasteiger partial charge in [0.25, 0.3) is 17.5 Å². The van der Waals surface area contributed by atoms with Crippen molar-refractivity contribution in [3.63, 3.8) is 0 Å². The van der Waals surface area contributed by atoms with E-state index in [2.05, 4.69) is 20.7 Å². The fourth-order valence-corrected chi connectivity index (χ4v) is 2.66. The van der Waals surface area contributed by atoms with E-state index in [0.717, 1.165) is 6.42 Å². The molecule has 1 aliphatic rings. The van der Waals surface area contributed by atoms with Crippen LogP contribution in [0.5, 0.6) is 0 Å². The van der Waals surface area contributed by atoms with Crippen LogP contribution in [0.2, 0.25) is 0 Å². The van der Waals surface area contributed by atoms with Crippen LogP contribution in [0.25, 0.3) is 0 Å². The summed E-state index contributed by atoms with van der Waals surface area (Å²) < 4.78 is 5.32. The molecule has 2 aromatic rings. The molecule has 0 radical (unpaired) electrons. The van der Waals surface area contributed by atoms with Crippen LogP contribution in [-0.2, 0) is 11.3 Å². The first kappa shape index (κ1) is 17.7. The second-order valence-corrected chi connectivity index (χ2v) is 5.72. The third-order valence-electron chi connectivity index (χ3n) is 3.89. The highest BCUT2D eigenvalue weighted by molar-refractivity contribution is 6.07. The van der Waals surface area contributed by atoms with Crippen molar-refractivity contribution in [3.8, 4) is 0 Å². The smallest absolute Gasteiger partial charge is 0.270 e. The number of nitrogens with zero attached hydrogens (tertiary/aromatic N) is 6. The second kappa shape index (κ2) is 7.87. The van der Waals surface area contributed by atoms with Crippen LogP contribution in [0.15, 0.2) is 18.2 Å². The number of nitro benzene ring substituents is 1. The normalized spacial score (nSPS) is 14.3. The molecule has 1 aromatic carbocycles. The molecule has 2 heterocycles. The topological polar surface area (TPSA) is 128 Å². The summed E-state index contributed by atoms with van der Waals surface area (Å²) in [7, 11) is 0. The van der Waals surface area contributed by atoms with Crippen molar-refractivity contribution in [1.29, 1.82) is 0 Å². The second-order valence-electron chi connectivity index (χ2n) is 5.72. The molecule has 0 atom stereocenters. The zero-order valence-electron chi connectivity index (χ0n) is 14.3. The lowest BCUT2D eigenvalue weighted by atomic mass is 10.1. The Bertz CT molecular complexity index is 801. The molecule has 0 saturated carbocycles. The van der Waals surface area contributed by atoms with E-state index >= 15 is 0 Å². The van der Waals surface area contributed by atoms with Gasteiger partial charge in [-0.25, -0.2) is 0 Å². The quantitative estimate of drug-likeness (QED) is 0.598. The lowest BCUT2D eigenvalue weighted by molar-refractivity contribution is -0.384. The Morgan fingerprint density at radius 1 is 1.38 bits per heavy atom. The molecule has 3 rings (SSSR count). The molecular weight excluding hydrogens is 342 g/mol. The molecule has 1 aliphatic heterocycles. The van der Waals surface area contributed by atoms with E-state index in [1.54, 1.807) is 6.07 Å². The first-order valence-electron chi connectivity index (χ1n) is 8.28. The number of carbonyl (C=O) groups excluding carboxylic acids is 1. The largest absolute Gasteiger partial charge is 0.378 e. The summed E-state index contributed by atoms with van der Waals surface area (Å²) in [5, 5.41) is 25.3. The van der Waals surface area contributed by atoms with Gasteiger partial charge in [0.05, 0.1) is 35.9 Å². The summed E-state index contributed by atoms with van der Waals surface area (Å²) in [5.41, 5.74) is 0.639. The van der Waals surface area contributed by atoms with E-state index in [4.69, 9.17) is 4.74 Å². The molecule has 0 aliphatic carbocycles. The first-order chi connectivity index (χ1) is 12.6. The maximum atomic E-state index is 12.7. The van der Waals surface area contributed by atoms with E-state index < -0.39 is 10.8 Å². The molecule has 26 heavy (non-hydrogen) atoms. The minimum Gasteiger partial charge on any atom is -0.378 e. The van der Waals surface area contributed by atoms with Gasteiger partial charge in [-0.2, -0.15) is 4.80 Å². The lowest BCUT2D eigenvalue weighted by Gasteiger charge is -2.30. The number of ether oxygens (including phenoxy) is 1. The van der Waals surface area contributed by atoms with E-state index in [1.165, 1.54) is 16.9 Å². The molecule has 1 N–H and O–H groups in total. The predicted octanol–water partition coefficient (Wildman–Crippen LogP) is 1.08. The Morgan fingerprint density at radius 2 is 2.15 bits per heavy atom. The number of non-ortho nitro benzene ring substituents is 1. The summed E-state index contributed by atoms with van der Waals surface area (Å²) in [5.74, 6) is -0.464.